The maximum Gasteiger partial charge on any atom is 0.422 e. The fourth-order valence-electron chi connectivity index (χ4n) is 3.68. The molecule has 1 aliphatic rings. The van der Waals surface area contributed by atoms with Crippen molar-refractivity contribution in [3.63, 3.8) is 0 Å². The van der Waals surface area contributed by atoms with E-state index >= 15 is 0 Å². The van der Waals surface area contributed by atoms with Crippen molar-refractivity contribution in [2.24, 2.45) is 0 Å². The summed E-state index contributed by atoms with van der Waals surface area (Å²) in [6, 6.07) is 4.71. The van der Waals surface area contributed by atoms with Gasteiger partial charge in [0.25, 0.3) is 5.56 Å². The van der Waals surface area contributed by atoms with Gasteiger partial charge >= 0.3 is 6.18 Å². The number of aromatic nitrogens is 2. The van der Waals surface area contributed by atoms with Crippen LogP contribution in [0.1, 0.15) is 37.7 Å². The van der Waals surface area contributed by atoms with Crippen molar-refractivity contribution in [1.29, 1.82) is 0 Å². The number of anilines is 1. The quantitative estimate of drug-likeness (QED) is 0.483. The lowest BCUT2D eigenvalue weighted by Gasteiger charge is -2.28. The fourth-order valence-corrected chi connectivity index (χ4v) is 4.45. The highest BCUT2D eigenvalue weighted by Crippen LogP contribution is 2.26. The number of nitrogens with zero attached hydrogens (tertiary/aromatic N) is 3. The summed E-state index contributed by atoms with van der Waals surface area (Å²) >= 11 is 0. The molecule has 0 spiro atoms. The molecule has 3 rings (SSSR count). The second kappa shape index (κ2) is 10.7. The van der Waals surface area contributed by atoms with Crippen molar-refractivity contribution in [3.05, 3.63) is 46.0 Å². The predicted octanol–water partition coefficient (Wildman–Crippen LogP) is 2.49. The van der Waals surface area contributed by atoms with E-state index in [4.69, 9.17) is 4.74 Å². The highest BCUT2D eigenvalue weighted by atomic mass is 32.2. The van der Waals surface area contributed by atoms with Gasteiger partial charge in [-0.15, -0.1) is 0 Å². The average molecular weight is 517 g/mol. The fraction of sp³-hybridized carbons (Fsp3) is 0.500. The first-order valence-corrected chi connectivity index (χ1v) is 12.9. The van der Waals surface area contributed by atoms with Gasteiger partial charge in [0, 0.05) is 18.8 Å². The number of alkyl halides is 3. The van der Waals surface area contributed by atoms with E-state index in [2.05, 4.69) is 10.3 Å². The van der Waals surface area contributed by atoms with Crippen molar-refractivity contribution in [3.8, 4) is 11.4 Å². The predicted molar refractivity (Wildman–Crippen MR) is 124 cm³/mol. The molecular formula is C22H27F3N4O5S. The number of hydrogen-bond acceptors (Lipinski definition) is 7. The maximum absolute atomic E-state index is 13.5. The number of nitrogens with one attached hydrogen (secondary N) is 1. The van der Waals surface area contributed by atoms with E-state index in [9.17, 15) is 31.2 Å². The smallest absolute Gasteiger partial charge is 0.422 e. The molecule has 1 atom stereocenters. The van der Waals surface area contributed by atoms with Crippen LogP contribution in [0.4, 0.5) is 19.0 Å². The van der Waals surface area contributed by atoms with Crippen LogP contribution in [-0.4, -0.2) is 66.7 Å². The summed E-state index contributed by atoms with van der Waals surface area (Å²) in [6.45, 7) is 2.22. The van der Waals surface area contributed by atoms with Gasteiger partial charge < -0.3 is 15.0 Å². The Morgan fingerprint density at radius 2 is 1.97 bits per heavy atom. The van der Waals surface area contributed by atoms with E-state index in [1.54, 1.807) is 6.92 Å². The number of carbonyl (C=O) groups is 1. The summed E-state index contributed by atoms with van der Waals surface area (Å²) in [5.74, 6) is 0.249. The molecule has 1 N–H and O–H groups in total. The Bertz CT molecular complexity index is 1210. The van der Waals surface area contributed by atoms with Crippen LogP contribution in [0.5, 0.6) is 5.75 Å². The summed E-state index contributed by atoms with van der Waals surface area (Å²) in [5.41, 5.74) is 0.403. The highest BCUT2D eigenvalue weighted by molar-refractivity contribution is 7.91. The lowest BCUT2D eigenvalue weighted by molar-refractivity contribution is -0.153. The lowest BCUT2D eigenvalue weighted by Crippen LogP contribution is -2.37. The third-order valence-electron chi connectivity index (χ3n) is 5.70. The second-order valence-electron chi connectivity index (χ2n) is 8.12. The molecule has 1 aliphatic heterocycles. The minimum atomic E-state index is -4.49. The molecular weight excluding hydrogens is 489 g/mol. The van der Waals surface area contributed by atoms with Gasteiger partial charge in [0.15, 0.2) is 16.4 Å². The van der Waals surface area contributed by atoms with Crippen LogP contribution in [-0.2, 0) is 21.1 Å². The van der Waals surface area contributed by atoms with Gasteiger partial charge in [-0.3, -0.25) is 14.2 Å². The minimum Gasteiger partial charge on any atom is -0.484 e. The van der Waals surface area contributed by atoms with Crippen LogP contribution in [0, 0.1) is 0 Å². The van der Waals surface area contributed by atoms with Crippen molar-refractivity contribution < 1.29 is 31.1 Å². The number of carbonyl (C=O) groups excluding carboxylic acids is 1. The molecule has 0 radical (unpaired) electrons. The van der Waals surface area contributed by atoms with Crippen LogP contribution in [0.25, 0.3) is 5.69 Å². The Morgan fingerprint density at radius 1 is 1.29 bits per heavy atom. The number of hydrogen-bond donors (Lipinski definition) is 1. The molecule has 0 saturated heterocycles. The van der Waals surface area contributed by atoms with E-state index in [-0.39, 0.29) is 35.2 Å². The first-order chi connectivity index (χ1) is 16.5. The van der Waals surface area contributed by atoms with Gasteiger partial charge in [0.05, 0.1) is 23.0 Å². The van der Waals surface area contributed by atoms with Crippen LogP contribution in [0.2, 0.25) is 0 Å². The Balaban J connectivity index is 2.02. The van der Waals surface area contributed by atoms with Crippen molar-refractivity contribution >= 4 is 22.1 Å². The van der Waals surface area contributed by atoms with Crippen LogP contribution < -0.4 is 15.6 Å². The molecule has 0 bridgehead atoms. The maximum atomic E-state index is 13.5. The number of rotatable bonds is 10. The summed E-state index contributed by atoms with van der Waals surface area (Å²) in [4.78, 5) is 31.1. The molecule has 1 amide bonds. The van der Waals surface area contributed by atoms with Gasteiger partial charge in [-0.1, -0.05) is 6.92 Å². The summed E-state index contributed by atoms with van der Waals surface area (Å²) in [7, 11) is -3.34. The Morgan fingerprint density at radius 3 is 2.57 bits per heavy atom. The largest absolute Gasteiger partial charge is 0.484 e. The van der Waals surface area contributed by atoms with E-state index < -0.39 is 28.7 Å². The van der Waals surface area contributed by atoms with Gasteiger partial charge in [-0.2, -0.15) is 13.2 Å². The van der Waals surface area contributed by atoms with Crippen molar-refractivity contribution in [2.45, 2.75) is 38.9 Å². The summed E-state index contributed by atoms with van der Waals surface area (Å²) in [5, 5.41) is 3.09. The highest BCUT2D eigenvalue weighted by Gasteiger charge is 2.29. The third-order valence-corrected chi connectivity index (χ3v) is 7.39. The van der Waals surface area contributed by atoms with Gasteiger partial charge in [-0.25, -0.2) is 13.4 Å². The first-order valence-electron chi connectivity index (χ1n) is 11.1. The van der Waals surface area contributed by atoms with E-state index in [1.807, 2.05) is 0 Å². The zero-order valence-corrected chi connectivity index (χ0v) is 20.2. The summed E-state index contributed by atoms with van der Waals surface area (Å²) in [6.07, 6.45) is -2.77. The van der Waals surface area contributed by atoms with E-state index in [0.717, 1.165) is 6.42 Å². The van der Waals surface area contributed by atoms with Crippen LogP contribution in [0.15, 0.2) is 29.1 Å². The SMILES string of the molecule is CCS(=O)(=O)CCN(C=O)C(C)c1nc2c(c(=O)n1-c1ccc(OCC(F)(F)F)cc1)CCCN2. The van der Waals surface area contributed by atoms with Gasteiger partial charge in [0.2, 0.25) is 6.41 Å². The molecule has 1 aromatic carbocycles. The first kappa shape index (κ1) is 26.5. The number of benzene rings is 1. The van der Waals surface area contributed by atoms with Gasteiger partial charge in [0.1, 0.15) is 17.4 Å². The third kappa shape index (κ3) is 6.53. The number of amides is 1. The average Bonchev–Trinajstić information content (AvgIpc) is 2.83. The molecule has 2 heterocycles. The molecule has 0 saturated carbocycles. The molecule has 1 unspecified atom stereocenters. The van der Waals surface area contributed by atoms with Crippen molar-refractivity contribution in [1.82, 2.24) is 14.5 Å². The zero-order valence-electron chi connectivity index (χ0n) is 19.3. The van der Waals surface area contributed by atoms with E-state index in [1.165, 1.54) is 40.7 Å². The number of ether oxygens (including phenoxy) is 1. The van der Waals surface area contributed by atoms with Crippen LogP contribution >= 0.6 is 0 Å². The zero-order chi connectivity index (χ0) is 25.8. The molecule has 2 aromatic rings. The van der Waals surface area contributed by atoms with Crippen LogP contribution in [0.3, 0.4) is 0 Å². The number of halogens is 3. The Labute approximate surface area is 200 Å². The van der Waals surface area contributed by atoms with Crippen molar-refractivity contribution in [2.75, 3.05) is 36.5 Å². The van der Waals surface area contributed by atoms with Gasteiger partial charge in [-0.05, 0) is 44.0 Å². The normalized spacial score (nSPS) is 14.5. The molecule has 0 fully saturated rings. The topological polar surface area (TPSA) is 111 Å². The monoisotopic (exact) mass is 516 g/mol. The lowest BCUT2D eigenvalue weighted by atomic mass is 10.1. The number of sulfone groups is 1. The molecule has 9 nitrogen and oxygen atoms in total. The molecule has 192 valence electrons. The Hall–Kier alpha value is -3.09. The Kier molecular flexibility index (Phi) is 8.08. The number of fused-ring (bicyclic) bond motifs is 1. The summed E-state index contributed by atoms with van der Waals surface area (Å²) < 4.78 is 67.3. The molecule has 13 heteroatoms. The minimum absolute atomic E-state index is 0.0272. The molecule has 0 aliphatic carbocycles. The standard InChI is InChI=1S/C22H27F3N4O5S/c1-3-35(32,33)12-11-28(14-30)15(2)20-27-19-18(5-4-10-26-19)21(31)29(20)16-6-8-17(9-7-16)34-13-22(23,24)25/h6-9,14-15,26H,3-5,10-13H2,1-2H3. The second-order valence-corrected chi connectivity index (χ2v) is 10.6. The molecule has 1 aromatic heterocycles. The van der Waals surface area contributed by atoms with E-state index in [0.29, 0.717) is 36.4 Å². The molecule has 35 heavy (non-hydrogen) atoms.